The van der Waals surface area contributed by atoms with E-state index >= 15 is 0 Å². The van der Waals surface area contributed by atoms with Crippen LogP contribution in [0.2, 0.25) is 0 Å². The van der Waals surface area contributed by atoms with E-state index < -0.39 is 0 Å². The first-order valence-corrected chi connectivity index (χ1v) is 3.47. The van der Waals surface area contributed by atoms with Crippen molar-refractivity contribution in [2.45, 2.75) is 26.3 Å². The Morgan fingerprint density at radius 1 is 1.45 bits per heavy atom. The van der Waals surface area contributed by atoms with Gasteiger partial charge in [0.1, 0.15) is 0 Å². The number of hydrogen-bond donors (Lipinski definition) is 1. The third kappa shape index (κ3) is 4.61. The normalized spacial score (nSPS) is 11.0. The SMILES string of the molecule is CON(C)C(=O)NC(C)(C)C. The minimum Gasteiger partial charge on any atom is -0.332 e. The first-order valence-electron chi connectivity index (χ1n) is 3.47. The molecule has 0 aliphatic heterocycles. The van der Waals surface area contributed by atoms with Gasteiger partial charge in [-0.25, -0.2) is 9.86 Å². The van der Waals surface area contributed by atoms with Crippen molar-refractivity contribution in [1.82, 2.24) is 10.4 Å². The van der Waals surface area contributed by atoms with Crippen LogP contribution in [0.3, 0.4) is 0 Å². The van der Waals surface area contributed by atoms with Crippen LogP contribution >= 0.6 is 0 Å². The Morgan fingerprint density at radius 3 is 2.18 bits per heavy atom. The molecule has 0 radical (unpaired) electrons. The van der Waals surface area contributed by atoms with E-state index in [-0.39, 0.29) is 11.6 Å². The Balaban J connectivity index is 3.88. The van der Waals surface area contributed by atoms with Crippen LogP contribution in [-0.4, -0.2) is 30.8 Å². The standard InChI is InChI=1S/C7H16N2O2/c1-7(2,3)8-6(10)9(4)11-5/h1-5H3,(H,8,10). The fraction of sp³-hybridized carbons (Fsp3) is 0.857. The van der Waals surface area contributed by atoms with Gasteiger partial charge < -0.3 is 5.32 Å². The molecule has 66 valence electrons. The van der Waals surface area contributed by atoms with Gasteiger partial charge in [0.2, 0.25) is 0 Å². The number of urea groups is 1. The van der Waals surface area contributed by atoms with Crippen LogP contribution in [0.5, 0.6) is 0 Å². The van der Waals surface area contributed by atoms with Gasteiger partial charge >= 0.3 is 6.03 Å². The Morgan fingerprint density at radius 2 is 1.91 bits per heavy atom. The summed E-state index contributed by atoms with van der Waals surface area (Å²) in [6.45, 7) is 5.73. The summed E-state index contributed by atoms with van der Waals surface area (Å²) in [6.07, 6.45) is 0. The van der Waals surface area contributed by atoms with Crippen molar-refractivity contribution in [2.24, 2.45) is 0 Å². The maximum Gasteiger partial charge on any atom is 0.341 e. The highest BCUT2D eigenvalue weighted by molar-refractivity contribution is 5.73. The van der Waals surface area contributed by atoms with Crippen molar-refractivity contribution in [1.29, 1.82) is 0 Å². The largest absolute Gasteiger partial charge is 0.341 e. The molecule has 0 aromatic heterocycles. The second kappa shape index (κ2) is 3.57. The van der Waals surface area contributed by atoms with E-state index in [1.54, 1.807) is 7.05 Å². The van der Waals surface area contributed by atoms with Crippen molar-refractivity contribution in [3.63, 3.8) is 0 Å². The van der Waals surface area contributed by atoms with E-state index in [9.17, 15) is 4.79 Å². The maximum atomic E-state index is 11.1. The van der Waals surface area contributed by atoms with Gasteiger partial charge in [0.15, 0.2) is 0 Å². The minimum absolute atomic E-state index is 0.218. The molecule has 0 unspecified atom stereocenters. The highest BCUT2D eigenvalue weighted by atomic mass is 16.7. The van der Waals surface area contributed by atoms with Gasteiger partial charge in [-0.05, 0) is 20.8 Å². The predicted molar refractivity (Wildman–Crippen MR) is 43.1 cm³/mol. The Kier molecular flexibility index (Phi) is 3.32. The number of hydrogen-bond acceptors (Lipinski definition) is 2. The maximum absolute atomic E-state index is 11.1. The van der Waals surface area contributed by atoms with Crippen LogP contribution in [0, 0.1) is 0 Å². The molecule has 0 atom stereocenters. The molecule has 2 amide bonds. The van der Waals surface area contributed by atoms with Gasteiger partial charge in [-0.15, -0.1) is 0 Å². The molecule has 0 saturated heterocycles. The van der Waals surface area contributed by atoms with E-state index in [1.165, 1.54) is 7.11 Å². The van der Waals surface area contributed by atoms with Crippen molar-refractivity contribution < 1.29 is 9.63 Å². The smallest absolute Gasteiger partial charge is 0.332 e. The van der Waals surface area contributed by atoms with E-state index in [0.717, 1.165) is 5.06 Å². The molecule has 0 heterocycles. The molecular weight excluding hydrogens is 144 g/mol. The van der Waals surface area contributed by atoms with Crippen LogP contribution in [0.15, 0.2) is 0 Å². The molecule has 0 aliphatic carbocycles. The van der Waals surface area contributed by atoms with Crippen LogP contribution in [0.4, 0.5) is 4.79 Å². The summed E-state index contributed by atoms with van der Waals surface area (Å²) in [5.41, 5.74) is -0.218. The van der Waals surface area contributed by atoms with Gasteiger partial charge in [-0.1, -0.05) is 0 Å². The van der Waals surface area contributed by atoms with Crippen molar-refractivity contribution >= 4 is 6.03 Å². The predicted octanol–water partition coefficient (Wildman–Crippen LogP) is 0.988. The molecule has 0 saturated carbocycles. The number of rotatable bonds is 1. The summed E-state index contributed by atoms with van der Waals surface area (Å²) in [5, 5.41) is 3.88. The Bertz CT molecular complexity index is 140. The second-order valence-electron chi connectivity index (χ2n) is 3.36. The Labute approximate surface area is 67.5 Å². The molecule has 4 nitrogen and oxygen atoms in total. The molecule has 0 aromatic rings. The van der Waals surface area contributed by atoms with Gasteiger partial charge in [0.25, 0.3) is 0 Å². The van der Waals surface area contributed by atoms with Crippen LogP contribution in [0.1, 0.15) is 20.8 Å². The second-order valence-corrected chi connectivity index (χ2v) is 3.36. The number of carbonyl (C=O) groups excluding carboxylic acids is 1. The van der Waals surface area contributed by atoms with E-state index in [0.29, 0.717) is 0 Å². The van der Waals surface area contributed by atoms with E-state index in [4.69, 9.17) is 0 Å². The van der Waals surface area contributed by atoms with Gasteiger partial charge in [0.05, 0.1) is 7.11 Å². The average molecular weight is 160 g/mol. The number of nitrogens with one attached hydrogen (secondary N) is 1. The van der Waals surface area contributed by atoms with E-state index in [1.807, 2.05) is 20.8 Å². The minimum atomic E-state index is -0.236. The number of amides is 2. The molecule has 0 fully saturated rings. The third-order valence-corrected chi connectivity index (χ3v) is 1.04. The fourth-order valence-electron chi connectivity index (χ4n) is 0.482. The summed E-state index contributed by atoms with van der Waals surface area (Å²) in [4.78, 5) is 15.8. The number of nitrogens with zero attached hydrogens (tertiary/aromatic N) is 1. The lowest BCUT2D eigenvalue weighted by Crippen LogP contribution is -2.46. The summed E-state index contributed by atoms with van der Waals surface area (Å²) in [5.74, 6) is 0. The molecule has 0 aliphatic rings. The lowest BCUT2D eigenvalue weighted by Gasteiger charge is -2.23. The quantitative estimate of drug-likeness (QED) is 0.581. The van der Waals surface area contributed by atoms with Crippen molar-refractivity contribution in [2.75, 3.05) is 14.2 Å². The molecular formula is C7H16N2O2. The zero-order valence-corrected chi connectivity index (χ0v) is 7.76. The van der Waals surface area contributed by atoms with Crippen LogP contribution in [0.25, 0.3) is 0 Å². The average Bonchev–Trinajstić information content (AvgIpc) is 1.82. The zero-order valence-electron chi connectivity index (χ0n) is 7.76. The van der Waals surface area contributed by atoms with Crippen molar-refractivity contribution in [3.8, 4) is 0 Å². The summed E-state index contributed by atoms with van der Waals surface area (Å²) < 4.78 is 0. The lowest BCUT2D eigenvalue weighted by molar-refractivity contribution is -0.0664. The Hall–Kier alpha value is -0.770. The fourth-order valence-corrected chi connectivity index (χ4v) is 0.482. The molecule has 1 N–H and O–H groups in total. The van der Waals surface area contributed by atoms with Gasteiger partial charge in [-0.3, -0.25) is 4.84 Å². The lowest BCUT2D eigenvalue weighted by atomic mass is 10.1. The first-order chi connectivity index (χ1) is 4.87. The zero-order chi connectivity index (χ0) is 9.07. The number of carbonyl (C=O) groups is 1. The summed E-state index contributed by atoms with van der Waals surface area (Å²) >= 11 is 0. The van der Waals surface area contributed by atoms with Gasteiger partial charge in [0, 0.05) is 12.6 Å². The first kappa shape index (κ1) is 10.2. The van der Waals surface area contributed by atoms with Crippen LogP contribution in [-0.2, 0) is 4.84 Å². The number of hydroxylamine groups is 2. The van der Waals surface area contributed by atoms with Crippen molar-refractivity contribution in [3.05, 3.63) is 0 Å². The van der Waals surface area contributed by atoms with Crippen LogP contribution < -0.4 is 5.32 Å². The topological polar surface area (TPSA) is 41.6 Å². The van der Waals surface area contributed by atoms with E-state index in [2.05, 4.69) is 10.2 Å². The molecule has 11 heavy (non-hydrogen) atoms. The highest BCUT2D eigenvalue weighted by Gasteiger charge is 2.16. The molecule has 0 bridgehead atoms. The van der Waals surface area contributed by atoms with Gasteiger partial charge in [-0.2, -0.15) is 0 Å². The third-order valence-electron chi connectivity index (χ3n) is 1.04. The highest BCUT2D eigenvalue weighted by Crippen LogP contribution is 1.99. The molecule has 0 rings (SSSR count). The molecule has 4 heteroatoms. The monoisotopic (exact) mass is 160 g/mol. The molecule has 0 spiro atoms. The molecule has 0 aromatic carbocycles. The summed E-state index contributed by atoms with van der Waals surface area (Å²) in [7, 11) is 3.00. The summed E-state index contributed by atoms with van der Waals surface area (Å²) in [6, 6.07) is -0.236.